The first kappa shape index (κ1) is 35.3. The van der Waals surface area contributed by atoms with Gasteiger partial charge in [0, 0.05) is 34.1 Å². The maximum atomic E-state index is 10.0. The van der Waals surface area contributed by atoms with E-state index in [-0.39, 0.29) is 6.71 Å². The molecule has 0 spiro atoms. The van der Waals surface area contributed by atoms with E-state index in [1.54, 1.807) is 6.07 Å². The zero-order valence-electron chi connectivity index (χ0n) is 32.2. The molecule has 8 aromatic rings. The van der Waals surface area contributed by atoms with Gasteiger partial charge < -0.3 is 9.80 Å². The lowest BCUT2D eigenvalue weighted by molar-refractivity contribution is 1.25. The second kappa shape index (κ2) is 14.4. The zero-order chi connectivity index (χ0) is 40.0. The van der Waals surface area contributed by atoms with Crippen molar-refractivity contribution < 1.29 is 0 Å². The third-order valence-electron chi connectivity index (χ3n) is 11.6. The molecule has 0 bridgehead atoms. The molecule has 59 heavy (non-hydrogen) atoms. The maximum Gasteiger partial charge on any atom is 0.252 e. The standard InChI is InChI=1S/C54H35BN4/c1-3-36-13-17-40(18-14-36)42-21-25-46(26-22-42)58-50-11-7-5-9-48(50)55-49-10-6-8-12-51(49)59(47-27-23-43(24-28-47)41-19-15-37(4-2)16-20-41)53-33-45(32-52(58)54(53)55)44-30-38(34-56)29-39(31-44)35-57/h3-33H,1-2H2. The molecule has 0 aromatic heterocycles. The lowest BCUT2D eigenvalue weighted by Gasteiger charge is -2.44. The molecule has 0 fully saturated rings. The van der Waals surface area contributed by atoms with Gasteiger partial charge in [0.25, 0.3) is 6.71 Å². The van der Waals surface area contributed by atoms with Gasteiger partial charge >= 0.3 is 0 Å². The van der Waals surface area contributed by atoms with Crippen LogP contribution in [0.4, 0.5) is 34.1 Å². The van der Waals surface area contributed by atoms with Crippen LogP contribution in [0.5, 0.6) is 0 Å². The van der Waals surface area contributed by atoms with E-state index < -0.39 is 0 Å². The van der Waals surface area contributed by atoms with Gasteiger partial charge in [-0.15, -0.1) is 0 Å². The summed E-state index contributed by atoms with van der Waals surface area (Å²) in [6, 6.07) is 66.3. The normalized spacial score (nSPS) is 12.1. The molecule has 0 amide bonds. The molecule has 0 N–H and O–H groups in total. The summed E-state index contributed by atoms with van der Waals surface area (Å²) in [5.74, 6) is 0. The number of nitriles is 2. The lowest BCUT2D eigenvalue weighted by atomic mass is 9.33. The Morgan fingerprint density at radius 3 is 1.17 bits per heavy atom. The third-order valence-corrected chi connectivity index (χ3v) is 11.6. The molecule has 4 nitrogen and oxygen atoms in total. The Bertz CT molecular complexity index is 2840. The molecule has 8 aromatic carbocycles. The van der Waals surface area contributed by atoms with Crippen LogP contribution in [0.2, 0.25) is 0 Å². The average molecular weight is 751 g/mol. The van der Waals surface area contributed by atoms with E-state index >= 15 is 0 Å². The van der Waals surface area contributed by atoms with E-state index in [0.29, 0.717) is 11.1 Å². The highest BCUT2D eigenvalue weighted by molar-refractivity contribution is 7.00. The smallest absolute Gasteiger partial charge is 0.252 e. The van der Waals surface area contributed by atoms with Gasteiger partial charge in [0.15, 0.2) is 0 Å². The predicted octanol–water partition coefficient (Wildman–Crippen LogP) is 11.8. The van der Waals surface area contributed by atoms with Gasteiger partial charge in [-0.2, -0.15) is 10.5 Å². The number of hydrogen-bond donors (Lipinski definition) is 0. The van der Waals surface area contributed by atoms with Crippen molar-refractivity contribution in [1.82, 2.24) is 0 Å². The fourth-order valence-corrected chi connectivity index (χ4v) is 8.77. The number of para-hydroxylation sites is 2. The van der Waals surface area contributed by atoms with Gasteiger partial charge in [0.05, 0.1) is 23.3 Å². The molecular weight excluding hydrogens is 715 g/mol. The molecule has 10 rings (SSSR count). The predicted molar refractivity (Wildman–Crippen MR) is 246 cm³/mol. The van der Waals surface area contributed by atoms with Crippen LogP contribution in [0.3, 0.4) is 0 Å². The Hall–Kier alpha value is -8.12. The van der Waals surface area contributed by atoms with Crippen molar-refractivity contribution in [2.75, 3.05) is 9.80 Å². The van der Waals surface area contributed by atoms with Crippen LogP contribution in [0.25, 0.3) is 45.5 Å². The van der Waals surface area contributed by atoms with Crippen LogP contribution in [-0.2, 0) is 0 Å². The highest BCUT2D eigenvalue weighted by atomic mass is 15.2. The summed E-state index contributed by atoms with van der Waals surface area (Å²) in [5, 5.41) is 20.1. The van der Waals surface area contributed by atoms with E-state index in [9.17, 15) is 10.5 Å². The van der Waals surface area contributed by atoms with Crippen LogP contribution in [0, 0.1) is 22.7 Å². The molecule has 0 radical (unpaired) electrons. The van der Waals surface area contributed by atoms with Crippen LogP contribution in [-0.4, -0.2) is 6.71 Å². The molecule has 2 heterocycles. The summed E-state index contributed by atoms with van der Waals surface area (Å²) in [5.41, 5.74) is 19.3. The summed E-state index contributed by atoms with van der Waals surface area (Å²) < 4.78 is 0. The number of benzene rings is 8. The van der Waals surface area contributed by atoms with Gasteiger partial charge in [-0.1, -0.05) is 135 Å². The molecule has 5 heteroatoms. The first-order chi connectivity index (χ1) is 29.0. The van der Waals surface area contributed by atoms with Gasteiger partial charge in [0.2, 0.25) is 0 Å². The van der Waals surface area contributed by atoms with Crippen LogP contribution >= 0.6 is 0 Å². The fraction of sp³-hybridized carbons (Fsp3) is 0. The van der Waals surface area contributed by atoms with Crippen molar-refractivity contribution in [3.05, 3.63) is 211 Å². The SMILES string of the molecule is C=Cc1ccc(-c2ccc(N3c4ccccc4B4c5ccccc5N(c5ccc(-c6ccc(C=C)cc6)cc5)c5cc(-c6cc(C#N)cc(C#N)c6)cc3c54)cc2)cc1. The summed E-state index contributed by atoms with van der Waals surface area (Å²) in [4.78, 5) is 4.75. The fourth-order valence-electron chi connectivity index (χ4n) is 8.77. The first-order valence-corrected chi connectivity index (χ1v) is 19.6. The van der Waals surface area contributed by atoms with E-state index in [2.05, 4.69) is 193 Å². The van der Waals surface area contributed by atoms with E-state index in [0.717, 1.165) is 78.6 Å². The summed E-state index contributed by atoms with van der Waals surface area (Å²) in [7, 11) is 0. The topological polar surface area (TPSA) is 54.1 Å². The highest BCUT2D eigenvalue weighted by Crippen LogP contribution is 2.46. The molecular formula is C54H35BN4. The van der Waals surface area contributed by atoms with Crippen molar-refractivity contribution in [1.29, 1.82) is 10.5 Å². The molecule has 0 unspecified atom stereocenters. The van der Waals surface area contributed by atoms with Gasteiger partial charge in [0.1, 0.15) is 0 Å². The second-order valence-corrected chi connectivity index (χ2v) is 14.9. The van der Waals surface area contributed by atoms with Gasteiger partial charge in [-0.25, -0.2) is 0 Å². The Balaban J connectivity index is 1.21. The van der Waals surface area contributed by atoms with E-state index in [4.69, 9.17) is 0 Å². The Labute approximate surface area is 345 Å². The van der Waals surface area contributed by atoms with E-state index in [1.165, 1.54) is 16.4 Å². The molecule has 0 aliphatic carbocycles. The number of nitrogens with zero attached hydrogens (tertiary/aromatic N) is 4. The van der Waals surface area contributed by atoms with Crippen molar-refractivity contribution in [3.8, 4) is 45.5 Å². The summed E-state index contributed by atoms with van der Waals surface area (Å²) in [6.07, 6.45) is 3.72. The largest absolute Gasteiger partial charge is 0.311 e. The molecule has 0 saturated carbocycles. The number of hydrogen-bond acceptors (Lipinski definition) is 4. The minimum absolute atomic E-state index is 0.0423. The second-order valence-electron chi connectivity index (χ2n) is 14.9. The third kappa shape index (κ3) is 6.02. The van der Waals surface area contributed by atoms with Crippen LogP contribution < -0.4 is 26.2 Å². The molecule has 2 aliphatic rings. The first-order valence-electron chi connectivity index (χ1n) is 19.6. The Morgan fingerprint density at radius 1 is 0.407 bits per heavy atom. The summed E-state index contributed by atoms with van der Waals surface area (Å²) in [6.45, 7) is 7.78. The lowest BCUT2D eigenvalue weighted by Crippen LogP contribution is -2.61. The van der Waals surface area contributed by atoms with Crippen LogP contribution in [0.1, 0.15) is 22.3 Å². The van der Waals surface area contributed by atoms with Crippen molar-refractivity contribution >= 4 is 69.4 Å². The monoisotopic (exact) mass is 750 g/mol. The Morgan fingerprint density at radius 2 is 0.780 bits per heavy atom. The van der Waals surface area contributed by atoms with Gasteiger partial charge in [-0.3, -0.25) is 0 Å². The zero-order valence-corrected chi connectivity index (χ0v) is 32.2. The summed E-state index contributed by atoms with van der Waals surface area (Å²) >= 11 is 0. The number of anilines is 6. The van der Waals surface area contributed by atoms with E-state index in [1.807, 2.05) is 24.3 Å². The minimum Gasteiger partial charge on any atom is -0.311 e. The molecule has 274 valence electrons. The van der Waals surface area contributed by atoms with Crippen molar-refractivity contribution in [2.24, 2.45) is 0 Å². The number of rotatable bonds is 7. The van der Waals surface area contributed by atoms with Gasteiger partial charge in [-0.05, 0) is 128 Å². The highest BCUT2D eigenvalue weighted by Gasteiger charge is 2.43. The Kier molecular flexibility index (Phi) is 8.64. The molecule has 0 saturated heterocycles. The average Bonchev–Trinajstić information content (AvgIpc) is 3.31. The van der Waals surface area contributed by atoms with Crippen LogP contribution in [0.15, 0.2) is 189 Å². The number of fused-ring (bicyclic) bond motifs is 4. The van der Waals surface area contributed by atoms with Crippen molar-refractivity contribution in [2.45, 2.75) is 0 Å². The quantitative estimate of drug-likeness (QED) is 0.152. The van der Waals surface area contributed by atoms with Crippen molar-refractivity contribution in [3.63, 3.8) is 0 Å². The molecule has 2 aliphatic heterocycles. The minimum atomic E-state index is -0.0423. The maximum absolute atomic E-state index is 10.0. The molecule has 0 atom stereocenters.